The van der Waals surface area contributed by atoms with Crippen molar-refractivity contribution in [3.05, 3.63) is 47.5 Å². The topological polar surface area (TPSA) is 77.0 Å². The van der Waals surface area contributed by atoms with Crippen LogP contribution in [0.3, 0.4) is 0 Å². The quantitative estimate of drug-likeness (QED) is 0.867. The Hall–Kier alpha value is -2.28. The van der Waals surface area contributed by atoms with Crippen molar-refractivity contribution in [2.75, 3.05) is 19.6 Å². The number of piperidine rings is 1. The Balaban J connectivity index is 1.54. The zero-order valence-corrected chi connectivity index (χ0v) is 14.3. The number of nitrogens with zero attached hydrogens (tertiary/aromatic N) is 4. The second kappa shape index (κ2) is 8.20. The van der Waals surface area contributed by atoms with Gasteiger partial charge < -0.3 is 10.6 Å². The normalized spacial score (nSPS) is 17.7. The highest BCUT2D eigenvalue weighted by Gasteiger charge is 2.26. The number of benzene rings is 1. The third-order valence-corrected chi connectivity index (χ3v) is 4.68. The maximum atomic E-state index is 13.0. The molecule has 0 aliphatic carbocycles. The first-order chi connectivity index (χ1) is 12.2. The molecule has 1 aliphatic rings. The average Bonchev–Trinajstić information content (AvgIpc) is 3.10. The van der Waals surface area contributed by atoms with Gasteiger partial charge in [-0.05, 0) is 49.3 Å². The van der Waals surface area contributed by atoms with Crippen LogP contribution in [0.5, 0.6) is 0 Å². The van der Waals surface area contributed by atoms with E-state index in [1.807, 2.05) is 17.0 Å². The van der Waals surface area contributed by atoms with E-state index in [0.717, 1.165) is 44.3 Å². The molecule has 1 atom stereocenters. The fourth-order valence-corrected chi connectivity index (χ4v) is 3.31. The predicted molar refractivity (Wildman–Crippen MR) is 92.4 cm³/mol. The summed E-state index contributed by atoms with van der Waals surface area (Å²) in [5.41, 5.74) is 7.01. The first-order valence-electron chi connectivity index (χ1n) is 8.79. The molecule has 1 saturated heterocycles. The Labute approximate surface area is 146 Å². The highest BCUT2D eigenvalue weighted by Crippen LogP contribution is 2.22. The number of halogens is 1. The second-order valence-electron chi connectivity index (χ2n) is 6.58. The van der Waals surface area contributed by atoms with E-state index < -0.39 is 0 Å². The van der Waals surface area contributed by atoms with E-state index in [2.05, 4.69) is 10.3 Å². The van der Waals surface area contributed by atoms with Crippen molar-refractivity contribution in [2.45, 2.75) is 32.2 Å². The molecule has 1 aliphatic heterocycles. The summed E-state index contributed by atoms with van der Waals surface area (Å²) in [7, 11) is 0. The Kier molecular flexibility index (Phi) is 5.75. The van der Waals surface area contributed by atoms with Crippen molar-refractivity contribution in [1.82, 2.24) is 19.9 Å². The lowest BCUT2D eigenvalue weighted by atomic mass is 9.91. The molecule has 6 nitrogen and oxygen atoms in total. The summed E-state index contributed by atoms with van der Waals surface area (Å²) < 4.78 is 14.6. The molecule has 0 radical (unpaired) electrons. The van der Waals surface area contributed by atoms with Crippen LogP contribution < -0.4 is 5.73 Å². The summed E-state index contributed by atoms with van der Waals surface area (Å²) >= 11 is 0. The molecule has 0 unspecified atom stereocenters. The molecule has 134 valence electrons. The van der Waals surface area contributed by atoms with Gasteiger partial charge in [0.05, 0.1) is 12.7 Å². The number of amides is 1. The van der Waals surface area contributed by atoms with E-state index in [-0.39, 0.29) is 11.7 Å². The summed E-state index contributed by atoms with van der Waals surface area (Å²) in [6.45, 7) is 2.52. The summed E-state index contributed by atoms with van der Waals surface area (Å²) in [5, 5.41) is 7.90. The van der Waals surface area contributed by atoms with Crippen molar-refractivity contribution in [3.63, 3.8) is 0 Å². The molecular formula is C18H24FN5O. The second-order valence-corrected chi connectivity index (χ2v) is 6.58. The molecule has 1 fully saturated rings. The van der Waals surface area contributed by atoms with Crippen molar-refractivity contribution in [2.24, 2.45) is 11.7 Å². The third kappa shape index (κ3) is 4.63. The van der Waals surface area contributed by atoms with Gasteiger partial charge in [0.15, 0.2) is 5.69 Å². The highest BCUT2D eigenvalue weighted by atomic mass is 19.1. The number of aromatic nitrogens is 3. The van der Waals surface area contributed by atoms with Gasteiger partial charge in [0.1, 0.15) is 5.82 Å². The van der Waals surface area contributed by atoms with Gasteiger partial charge in [0, 0.05) is 19.6 Å². The van der Waals surface area contributed by atoms with Crippen LogP contribution >= 0.6 is 0 Å². The molecule has 0 bridgehead atoms. The molecule has 0 saturated carbocycles. The predicted octanol–water partition coefficient (Wildman–Crippen LogP) is 1.86. The van der Waals surface area contributed by atoms with Gasteiger partial charge in [0.2, 0.25) is 0 Å². The van der Waals surface area contributed by atoms with Crippen LogP contribution in [0.2, 0.25) is 0 Å². The van der Waals surface area contributed by atoms with E-state index in [1.54, 1.807) is 10.9 Å². The van der Waals surface area contributed by atoms with Crippen LogP contribution in [0.4, 0.5) is 4.39 Å². The van der Waals surface area contributed by atoms with Crippen LogP contribution in [-0.2, 0) is 13.0 Å². The molecule has 7 heteroatoms. The summed E-state index contributed by atoms with van der Waals surface area (Å²) in [4.78, 5) is 14.5. The van der Waals surface area contributed by atoms with Crippen LogP contribution in [0.1, 0.15) is 35.3 Å². The van der Waals surface area contributed by atoms with Gasteiger partial charge in [0.25, 0.3) is 5.91 Å². The molecule has 0 spiro atoms. The lowest BCUT2D eigenvalue weighted by Crippen LogP contribution is -2.40. The van der Waals surface area contributed by atoms with Gasteiger partial charge in [-0.2, -0.15) is 0 Å². The number of carbonyl (C=O) groups excluding carboxylic acids is 1. The van der Waals surface area contributed by atoms with Crippen molar-refractivity contribution >= 4 is 5.91 Å². The number of hydrogen-bond donors (Lipinski definition) is 1. The van der Waals surface area contributed by atoms with Crippen molar-refractivity contribution in [1.29, 1.82) is 0 Å². The van der Waals surface area contributed by atoms with E-state index in [1.165, 1.54) is 12.1 Å². The summed E-state index contributed by atoms with van der Waals surface area (Å²) in [6.07, 6.45) is 5.67. The van der Waals surface area contributed by atoms with Crippen LogP contribution in [-0.4, -0.2) is 45.4 Å². The fraction of sp³-hybridized carbons (Fsp3) is 0.500. The van der Waals surface area contributed by atoms with Crippen LogP contribution in [0.15, 0.2) is 30.5 Å². The van der Waals surface area contributed by atoms with Crippen molar-refractivity contribution in [3.8, 4) is 0 Å². The molecule has 2 heterocycles. The summed E-state index contributed by atoms with van der Waals surface area (Å²) in [5.74, 6) is 0.192. The monoisotopic (exact) mass is 345 g/mol. The number of likely N-dealkylation sites (tertiary alicyclic amines) is 1. The molecule has 3 rings (SSSR count). The largest absolute Gasteiger partial charge is 0.337 e. The standard InChI is InChI=1S/C18H24FN5O/c19-16-7-5-14(6-8-16)3-4-15-2-1-10-23(12-15)18(25)17-13-24(11-9-20)22-21-17/h5-8,13,15H,1-4,9-12,20H2/t15-/m1/s1. The van der Waals surface area contributed by atoms with Gasteiger partial charge in [-0.3, -0.25) is 9.48 Å². The third-order valence-electron chi connectivity index (χ3n) is 4.68. The van der Waals surface area contributed by atoms with Gasteiger partial charge >= 0.3 is 0 Å². The fourth-order valence-electron chi connectivity index (χ4n) is 3.31. The molecule has 25 heavy (non-hydrogen) atoms. The maximum absolute atomic E-state index is 13.0. The first kappa shape index (κ1) is 17.5. The molecular weight excluding hydrogens is 321 g/mol. The Morgan fingerprint density at radius 2 is 2.12 bits per heavy atom. The Morgan fingerprint density at radius 1 is 1.32 bits per heavy atom. The Morgan fingerprint density at radius 3 is 2.88 bits per heavy atom. The number of nitrogens with two attached hydrogens (primary N) is 1. The lowest BCUT2D eigenvalue weighted by Gasteiger charge is -2.32. The highest BCUT2D eigenvalue weighted by molar-refractivity contribution is 5.92. The zero-order chi connectivity index (χ0) is 17.6. The van der Waals surface area contributed by atoms with Crippen molar-refractivity contribution < 1.29 is 9.18 Å². The Bertz CT molecular complexity index is 700. The minimum Gasteiger partial charge on any atom is -0.337 e. The van der Waals surface area contributed by atoms with Gasteiger partial charge in [-0.15, -0.1) is 5.10 Å². The number of hydrogen-bond acceptors (Lipinski definition) is 4. The minimum atomic E-state index is -0.208. The number of rotatable bonds is 6. The molecule has 2 N–H and O–H groups in total. The molecule has 2 aromatic rings. The maximum Gasteiger partial charge on any atom is 0.276 e. The SMILES string of the molecule is NCCn1cc(C(=O)N2CCC[C@H](CCc3ccc(F)cc3)C2)nn1. The molecule has 1 aromatic heterocycles. The van der Waals surface area contributed by atoms with Gasteiger partial charge in [-0.25, -0.2) is 4.39 Å². The lowest BCUT2D eigenvalue weighted by molar-refractivity contribution is 0.0662. The van der Waals surface area contributed by atoms with E-state index in [0.29, 0.717) is 24.7 Å². The van der Waals surface area contributed by atoms with E-state index in [4.69, 9.17) is 5.73 Å². The van der Waals surface area contributed by atoms with Crippen LogP contribution in [0, 0.1) is 11.7 Å². The number of aryl methyl sites for hydroxylation is 1. The average molecular weight is 345 g/mol. The smallest absolute Gasteiger partial charge is 0.276 e. The summed E-state index contributed by atoms with van der Waals surface area (Å²) in [6, 6.07) is 6.65. The molecule has 1 aromatic carbocycles. The van der Waals surface area contributed by atoms with E-state index in [9.17, 15) is 9.18 Å². The minimum absolute atomic E-state index is 0.0604. The van der Waals surface area contributed by atoms with Crippen LogP contribution in [0.25, 0.3) is 0 Å². The number of carbonyl (C=O) groups is 1. The zero-order valence-electron chi connectivity index (χ0n) is 14.3. The first-order valence-corrected chi connectivity index (χ1v) is 8.79. The van der Waals surface area contributed by atoms with Gasteiger partial charge in [-0.1, -0.05) is 17.3 Å². The van der Waals surface area contributed by atoms with E-state index >= 15 is 0 Å². The molecule has 1 amide bonds.